The molecule has 0 aromatic rings. The number of aliphatic carboxylic acids is 1. The van der Waals surface area contributed by atoms with E-state index in [1.165, 1.54) is 70.6 Å². The summed E-state index contributed by atoms with van der Waals surface area (Å²) in [6.07, 6.45) is 17.3. The molecule has 0 aliphatic rings. The number of carboxylic acids is 1. The van der Waals surface area contributed by atoms with E-state index < -0.39 is 5.97 Å². The van der Waals surface area contributed by atoms with Crippen LogP contribution in [0.15, 0.2) is 0 Å². The van der Waals surface area contributed by atoms with E-state index in [0.29, 0.717) is 6.42 Å². The van der Waals surface area contributed by atoms with Gasteiger partial charge >= 0.3 is 75.5 Å². The fourth-order valence-electron chi connectivity index (χ4n) is 2.32. The first-order valence-electron chi connectivity index (χ1n) is 10.1. The summed E-state index contributed by atoms with van der Waals surface area (Å²) in [5.74, 6) is -0.659. The Bertz CT molecular complexity index is 220. The monoisotopic (exact) mass is 498 g/mol. The van der Waals surface area contributed by atoms with Gasteiger partial charge in [-0.25, -0.2) is 0 Å². The van der Waals surface area contributed by atoms with E-state index in [9.17, 15) is 4.79 Å². The first kappa shape index (κ1) is 29.6. The van der Waals surface area contributed by atoms with Gasteiger partial charge < -0.3 is 5.11 Å². The number of carboxylic acid groups (broad SMARTS) is 1. The maximum absolute atomic E-state index is 10.2. The van der Waals surface area contributed by atoms with Gasteiger partial charge in [-0.05, 0) is 6.42 Å². The van der Waals surface area contributed by atoms with E-state index in [-0.39, 0.29) is 40.6 Å². The Balaban J connectivity index is -0.000000385. The Labute approximate surface area is 175 Å². The average molecular weight is 499 g/mol. The summed E-state index contributed by atoms with van der Waals surface area (Å²) in [5, 5.41) is 8.41. The van der Waals surface area contributed by atoms with Crippen molar-refractivity contribution in [2.45, 2.75) is 120 Å². The molecule has 140 valence electrons. The molecule has 24 heavy (non-hydrogen) atoms. The van der Waals surface area contributed by atoms with Crippen molar-refractivity contribution in [3.63, 3.8) is 0 Å². The third kappa shape index (κ3) is 34.3. The van der Waals surface area contributed by atoms with Crippen molar-refractivity contribution in [3.05, 3.63) is 0 Å². The van der Waals surface area contributed by atoms with E-state index in [4.69, 9.17) is 5.11 Å². The Morgan fingerprint density at radius 2 is 1.04 bits per heavy atom. The van der Waals surface area contributed by atoms with E-state index in [1.54, 1.807) is 8.87 Å². The number of hydrogen-bond acceptors (Lipinski definition) is 1. The van der Waals surface area contributed by atoms with Gasteiger partial charge in [0, 0.05) is 25.9 Å². The zero-order valence-corrected chi connectivity index (χ0v) is 22.7. The molecule has 4 heteroatoms. The molecule has 0 aromatic carbocycles. The standard InChI is InChI=1S/C12H24O2.2C4H9.Sn.Zn/c1-2-3-4-5-6-7-8-9-10-11-12(13)14;2*1-3-4-2;;/h2-11H2,1H3,(H,13,14);2*1,3-4H2,2H3;;. The molecule has 0 amide bonds. The van der Waals surface area contributed by atoms with Crippen LogP contribution in [0.4, 0.5) is 0 Å². The normalized spacial score (nSPS) is 9.79. The predicted molar refractivity (Wildman–Crippen MR) is 105 cm³/mol. The molecule has 2 radical (unpaired) electrons. The van der Waals surface area contributed by atoms with Gasteiger partial charge in [-0.1, -0.05) is 58.3 Å². The topological polar surface area (TPSA) is 37.3 Å². The molecule has 0 saturated heterocycles. The summed E-state index contributed by atoms with van der Waals surface area (Å²) in [5.41, 5.74) is 0. The smallest absolute Gasteiger partial charge is 0 e. The van der Waals surface area contributed by atoms with Gasteiger partial charge in [0.1, 0.15) is 0 Å². The summed E-state index contributed by atoms with van der Waals surface area (Å²) in [6.45, 7) is 6.81. The van der Waals surface area contributed by atoms with Gasteiger partial charge in [0.15, 0.2) is 0 Å². The first-order valence-corrected chi connectivity index (χ1v) is 14.1. The number of unbranched alkanes of at least 4 members (excludes halogenated alkanes) is 10. The quantitative estimate of drug-likeness (QED) is 0.182. The molecular weight excluding hydrogens is 456 g/mol. The van der Waals surface area contributed by atoms with Crippen LogP contribution in [-0.2, 0) is 24.3 Å². The fraction of sp³-hybridized carbons (Fsp3) is 0.950. The number of hydrogen-bond donors (Lipinski definition) is 1. The van der Waals surface area contributed by atoms with Crippen LogP contribution in [0.1, 0.15) is 111 Å². The molecule has 0 aromatic heterocycles. The van der Waals surface area contributed by atoms with Gasteiger partial charge in [0.25, 0.3) is 0 Å². The second-order valence-electron chi connectivity index (χ2n) is 6.43. The number of rotatable bonds is 16. The largest absolute Gasteiger partial charge is 0 e. The second-order valence-corrected chi connectivity index (χ2v) is 10.7. The van der Waals surface area contributed by atoms with Crippen LogP contribution in [-0.4, -0.2) is 32.2 Å². The van der Waals surface area contributed by atoms with Crippen LogP contribution in [0.25, 0.3) is 0 Å². The van der Waals surface area contributed by atoms with Gasteiger partial charge in [0.05, 0.1) is 0 Å². The van der Waals surface area contributed by atoms with Crippen molar-refractivity contribution >= 4 is 27.1 Å². The van der Waals surface area contributed by atoms with Crippen LogP contribution in [0.3, 0.4) is 0 Å². The third-order valence-corrected chi connectivity index (χ3v) is 7.94. The molecule has 0 aliphatic heterocycles. The van der Waals surface area contributed by atoms with Gasteiger partial charge in [-0.3, -0.25) is 4.79 Å². The fourth-order valence-corrected chi connectivity index (χ4v) is 6.47. The third-order valence-electron chi connectivity index (χ3n) is 3.91. The van der Waals surface area contributed by atoms with Crippen molar-refractivity contribution < 1.29 is 29.4 Å². The number of carbonyl (C=O) groups is 1. The SMILES string of the molecule is CCCCCCCCCCCC(=O)O.CCC[CH2][Sn][CH2]CCC.[Zn]. The molecule has 0 bridgehead atoms. The maximum atomic E-state index is 10.2. The van der Waals surface area contributed by atoms with Crippen molar-refractivity contribution in [2.75, 3.05) is 0 Å². The molecule has 0 unspecified atom stereocenters. The van der Waals surface area contributed by atoms with E-state index in [2.05, 4.69) is 20.8 Å². The first-order chi connectivity index (χ1) is 11.2. The molecule has 0 rings (SSSR count). The predicted octanol–water partition coefficient (Wildman–Crippen LogP) is 7.12. The average Bonchev–Trinajstić information content (AvgIpc) is 2.54. The van der Waals surface area contributed by atoms with Gasteiger partial charge in [-0.2, -0.15) is 0 Å². The van der Waals surface area contributed by atoms with Crippen LogP contribution in [0.2, 0.25) is 8.87 Å². The van der Waals surface area contributed by atoms with E-state index in [1.807, 2.05) is 0 Å². The summed E-state index contributed by atoms with van der Waals surface area (Å²) in [7, 11) is 0. The molecule has 0 fully saturated rings. The molecular formula is C20H42O2SnZn. The second kappa shape index (κ2) is 28.7. The zero-order valence-electron chi connectivity index (χ0n) is 16.9. The minimum atomic E-state index is -0.659. The van der Waals surface area contributed by atoms with Gasteiger partial charge in [0.2, 0.25) is 0 Å². The van der Waals surface area contributed by atoms with E-state index >= 15 is 0 Å². The molecule has 2 nitrogen and oxygen atoms in total. The maximum Gasteiger partial charge on any atom is 0 e. The Morgan fingerprint density at radius 3 is 1.42 bits per heavy atom. The van der Waals surface area contributed by atoms with Crippen LogP contribution in [0.5, 0.6) is 0 Å². The van der Waals surface area contributed by atoms with Crippen LogP contribution < -0.4 is 0 Å². The Morgan fingerprint density at radius 1 is 0.667 bits per heavy atom. The molecule has 0 heterocycles. The van der Waals surface area contributed by atoms with Crippen LogP contribution >= 0.6 is 0 Å². The summed E-state index contributed by atoms with van der Waals surface area (Å²) < 4.78 is 3.25. The minimum Gasteiger partial charge on any atom is 0 e. The summed E-state index contributed by atoms with van der Waals surface area (Å²) in [6, 6.07) is 0. The molecule has 0 aliphatic carbocycles. The van der Waals surface area contributed by atoms with Crippen molar-refractivity contribution in [2.24, 2.45) is 0 Å². The van der Waals surface area contributed by atoms with E-state index in [0.717, 1.165) is 12.8 Å². The zero-order chi connectivity index (χ0) is 17.6. The van der Waals surface area contributed by atoms with Crippen molar-refractivity contribution in [1.29, 1.82) is 0 Å². The Kier molecular flexibility index (Phi) is 35.4. The van der Waals surface area contributed by atoms with Crippen molar-refractivity contribution in [1.82, 2.24) is 0 Å². The molecule has 0 spiro atoms. The Hall–Kier alpha value is 0.892. The summed E-state index contributed by atoms with van der Waals surface area (Å²) >= 11 is 0.149. The van der Waals surface area contributed by atoms with Crippen LogP contribution in [0, 0.1) is 0 Å². The van der Waals surface area contributed by atoms with Crippen molar-refractivity contribution in [3.8, 4) is 0 Å². The minimum absolute atomic E-state index is 0. The molecule has 1 N–H and O–H groups in total. The molecule has 0 saturated carbocycles. The van der Waals surface area contributed by atoms with Gasteiger partial charge in [-0.15, -0.1) is 0 Å². The molecule has 0 atom stereocenters. The summed E-state index contributed by atoms with van der Waals surface area (Å²) in [4.78, 5) is 10.2.